The van der Waals surface area contributed by atoms with E-state index in [1.807, 2.05) is 61.5 Å². The largest absolute Gasteiger partial charge is 0.484 e. The van der Waals surface area contributed by atoms with Gasteiger partial charge in [-0.1, -0.05) is 42.5 Å². The molecular formula is C21H24N2O4S. The fourth-order valence-electron chi connectivity index (χ4n) is 2.95. The molecule has 148 valence electrons. The van der Waals surface area contributed by atoms with Crippen LogP contribution in [-0.4, -0.2) is 56.3 Å². The van der Waals surface area contributed by atoms with Crippen LogP contribution in [-0.2, 0) is 14.8 Å². The number of aryl methyl sites for hydroxylation is 1. The number of carbonyl (C=O) groups is 1. The van der Waals surface area contributed by atoms with E-state index in [1.165, 1.54) is 9.71 Å². The Bertz CT molecular complexity index is 934. The lowest BCUT2D eigenvalue weighted by Gasteiger charge is -2.33. The van der Waals surface area contributed by atoms with Crippen molar-refractivity contribution in [2.45, 2.75) is 6.92 Å². The van der Waals surface area contributed by atoms with Crippen LogP contribution >= 0.6 is 0 Å². The van der Waals surface area contributed by atoms with Crippen LogP contribution in [0.5, 0.6) is 5.75 Å². The molecule has 0 radical (unpaired) electrons. The first kappa shape index (κ1) is 20.1. The summed E-state index contributed by atoms with van der Waals surface area (Å²) in [6.07, 6.45) is 1.59. The topological polar surface area (TPSA) is 66.9 Å². The monoisotopic (exact) mass is 400 g/mol. The Kier molecular flexibility index (Phi) is 6.49. The molecule has 1 heterocycles. The normalized spacial score (nSPS) is 15.7. The maximum Gasteiger partial charge on any atom is 0.260 e. The second-order valence-electron chi connectivity index (χ2n) is 6.64. The smallest absolute Gasteiger partial charge is 0.260 e. The van der Waals surface area contributed by atoms with Crippen molar-refractivity contribution in [2.75, 3.05) is 32.8 Å². The van der Waals surface area contributed by atoms with Crippen LogP contribution in [0.4, 0.5) is 0 Å². The lowest BCUT2D eigenvalue weighted by atomic mass is 10.2. The van der Waals surface area contributed by atoms with E-state index in [2.05, 4.69) is 0 Å². The fraction of sp³-hybridized carbons (Fsp3) is 0.286. The summed E-state index contributed by atoms with van der Waals surface area (Å²) in [5.74, 6) is 0.513. The third kappa shape index (κ3) is 5.43. The van der Waals surface area contributed by atoms with Gasteiger partial charge in [0.15, 0.2) is 6.61 Å². The predicted octanol–water partition coefficient (Wildman–Crippen LogP) is 2.52. The lowest BCUT2D eigenvalue weighted by Crippen LogP contribution is -2.51. The Morgan fingerprint density at radius 3 is 2.43 bits per heavy atom. The number of hydrogen-bond acceptors (Lipinski definition) is 4. The Morgan fingerprint density at radius 2 is 1.75 bits per heavy atom. The SMILES string of the molecule is Cc1cccc(OCC(=O)N2CCN(S(=O)(=O)/C=C/c3ccccc3)CC2)c1. The van der Waals surface area contributed by atoms with Crippen molar-refractivity contribution >= 4 is 22.0 Å². The van der Waals surface area contributed by atoms with Crippen LogP contribution < -0.4 is 4.74 Å². The van der Waals surface area contributed by atoms with Crippen molar-refractivity contribution in [3.8, 4) is 5.75 Å². The Morgan fingerprint density at radius 1 is 1.04 bits per heavy atom. The van der Waals surface area contributed by atoms with E-state index in [0.29, 0.717) is 18.8 Å². The summed E-state index contributed by atoms with van der Waals surface area (Å²) < 4.78 is 31.9. The average molecular weight is 401 g/mol. The van der Waals surface area contributed by atoms with Crippen LogP contribution in [0.2, 0.25) is 0 Å². The Balaban J connectivity index is 1.50. The number of ether oxygens (including phenoxy) is 1. The molecule has 0 aromatic heterocycles. The lowest BCUT2D eigenvalue weighted by molar-refractivity contribution is -0.134. The molecule has 3 rings (SSSR count). The van der Waals surface area contributed by atoms with Crippen LogP contribution in [0.25, 0.3) is 6.08 Å². The molecule has 0 N–H and O–H groups in total. The maximum atomic E-state index is 12.5. The third-order valence-electron chi connectivity index (χ3n) is 4.54. The third-order valence-corrected chi connectivity index (χ3v) is 6.10. The van der Waals surface area contributed by atoms with E-state index >= 15 is 0 Å². The maximum absolute atomic E-state index is 12.5. The molecule has 0 aliphatic carbocycles. The number of hydrogen-bond donors (Lipinski definition) is 0. The molecule has 0 spiro atoms. The average Bonchev–Trinajstić information content (AvgIpc) is 2.71. The van der Waals surface area contributed by atoms with Gasteiger partial charge in [-0.2, -0.15) is 4.31 Å². The zero-order valence-corrected chi connectivity index (χ0v) is 16.6. The van der Waals surface area contributed by atoms with Gasteiger partial charge in [0.1, 0.15) is 5.75 Å². The van der Waals surface area contributed by atoms with Gasteiger partial charge in [-0.05, 0) is 36.3 Å². The molecular weight excluding hydrogens is 376 g/mol. The van der Waals surface area contributed by atoms with E-state index in [4.69, 9.17) is 4.74 Å². The number of sulfonamides is 1. The molecule has 1 aliphatic heterocycles. The predicted molar refractivity (Wildman–Crippen MR) is 109 cm³/mol. The van der Waals surface area contributed by atoms with Crippen molar-refractivity contribution in [3.05, 3.63) is 71.1 Å². The highest BCUT2D eigenvalue weighted by molar-refractivity contribution is 7.92. The zero-order valence-electron chi connectivity index (χ0n) is 15.8. The highest BCUT2D eigenvalue weighted by atomic mass is 32.2. The van der Waals surface area contributed by atoms with Crippen LogP contribution in [0.15, 0.2) is 60.0 Å². The number of rotatable bonds is 6. The molecule has 1 fully saturated rings. The summed E-state index contributed by atoms with van der Waals surface area (Å²) in [7, 11) is -3.51. The molecule has 1 saturated heterocycles. The van der Waals surface area contributed by atoms with Gasteiger partial charge >= 0.3 is 0 Å². The molecule has 1 aliphatic rings. The summed E-state index contributed by atoms with van der Waals surface area (Å²) in [6, 6.07) is 16.8. The molecule has 0 unspecified atom stereocenters. The zero-order chi connectivity index (χ0) is 20.0. The molecule has 7 heteroatoms. The van der Waals surface area contributed by atoms with E-state index in [1.54, 1.807) is 11.0 Å². The van der Waals surface area contributed by atoms with Gasteiger partial charge in [-0.25, -0.2) is 8.42 Å². The van der Waals surface area contributed by atoms with Gasteiger partial charge in [0.05, 0.1) is 0 Å². The Hall–Kier alpha value is -2.64. The summed E-state index contributed by atoms with van der Waals surface area (Å²) >= 11 is 0. The van der Waals surface area contributed by atoms with Gasteiger partial charge in [-0.15, -0.1) is 0 Å². The minimum Gasteiger partial charge on any atom is -0.484 e. The highest BCUT2D eigenvalue weighted by Gasteiger charge is 2.27. The summed E-state index contributed by atoms with van der Waals surface area (Å²) in [5, 5.41) is 1.22. The van der Waals surface area contributed by atoms with Crippen LogP contribution in [0, 0.1) is 6.92 Å². The van der Waals surface area contributed by atoms with Crippen LogP contribution in [0.3, 0.4) is 0 Å². The molecule has 6 nitrogen and oxygen atoms in total. The first-order valence-corrected chi connectivity index (χ1v) is 10.6. The van der Waals surface area contributed by atoms with E-state index in [9.17, 15) is 13.2 Å². The van der Waals surface area contributed by atoms with Crippen LogP contribution in [0.1, 0.15) is 11.1 Å². The number of carbonyl (C=O) groups excluding carboxylic acids is 1. The fourth-order valence-corrected chi connectivity index (χ4v) is 4.12. The highest BCUT2D eigenvalue weighted by Crippen LogP contribution is 2.14. The van der Waals surface area contributed by atoms with Crippen molar-refractivity contribution in [1.29, 1.82) is 0 Å². The second kappa shape index (κ2) is 9.03. The van der Waals surface area contributed by atoms with E-state index in [-0.39, 0.29) is 25.6 Å². The molecule has 2 aromatic rings. The van der Waals surface area contributed by atoms with Crippen molar-refractivity contribution in [2.24, 2.45) is 0 Å². The second-order valence-corrected chi connectivity index (χ2v) is 8.46. The number of piperazine rings is 1. The molecule has 1 amide bonds. The summed E-state index contributed by atoms with van der Waals surface area (Å²) in [5.41, 5.74) is 1.89. The number of benzene rings is 2. The molecule has 0 saturated carbocycles. The molecule has 0 atom stereocenters. The quantitative estimate of drug-likeness (QED) is 0.747. The van der Waals surface area contributed by atoms with Crippen molar-refractivity contribution in [3.63, 3.8) is 0 Å². The minimum absolute atomic E-state index is 0.0515. The van der Waals surface area contributed by atoms with Crippen molar-refractivity contribution in [1.82, 2.24) is 9.21 Å². The molecule has 28 heavy (non-hydrogen) atoms. The van der Waals surface area contributed by atoms with Gasteiger partial charge in [-0.3, -0.25) is 4.79 Å². The van der Waals surface area contributed by atoms with E-state index in [0.717, 1.165) is 11.1 Å². The van der Waals surface area contributed by atoms with Gasteiger partial charge in [0.2, 0.25) is 10.0 Å². The van der Waals surface area contributed by atoms with Gasteiger partial charge in [0, 0.05) is 31.6 Å². The summed E-state index contributed by atoms with van der Waals surface area (Å²) in [6.45, 7) is 3.17. The van der Waals surface area contributed by atoms with Crippen molar-refractivity contribution < 1.29 is 17.9 Å². The van der Waals surface area contributed by atoms with E-state index < -0.39 is 10.0 Å². The summed E-state index contributed by atoms with van der Waals surface area (Å²) in [4.78, 5) is 14.0. The first-order valence-electron chi connectivity index (χ1n) is 9.14. The standard InChI is InChI=1S/C21H24N2O4S/c1-18-6-5-9-20(16-18)27-17-21(24)22-11-13-23(14-12-22)28(25,26)15-10-19-7-3-2-4-8-19/h2-10,15-16H,11-14,17H2,1H3/b15-10+. The number of amides is 1. The minimum atomic E-state index is -3.51. The number of nitrogens with zero attached hydrogens (tertiary/aromatic N) is 2. The molecule has 0 bridgehead atoms. The molecule has 2 aromatic carbocycles. The Labute approximate surface area is 166 Å². The van der Waals surface area contributed by atoms with Gasteiger partial charge in [0.25, 0.3) is 5.91 Å². The van der Waals surface area contributed by atoms with Gasteiger partial charge < -0.3 is 9.64 Å². The first-order chi connectivity index (χ1) is 13.4.